The number of ether oxygens (including phenoxy) is 1. The minimum Gasteiger partial charge on any atom is -0.497 e. The maximum Gasteiger partial charge on any atom is 0.252 e. The number of hydrogen-bond acceptors (Lipinski definition) is 6. The maximum absolute atomic E-state index is 12.4. The van der Waals surface area contributed by atoms with E-state index in [0.717, 1.165) is 34.1 Å². The molecule has 0 fully saturated rings. The molecule has 6 nitrogen and oxygen atoms in total. The summed E-state index contributed by atoms with van der Waals surface area (Å²) < 4.78 is 5.17. The van der Waals surface area contributed by atoms with Crippen LogP contribution in [0.2, 0.25) is 0 Å². The molecule has 2 aromatic rings. The summed E-state index contributed by atoms with van der Waals surface area (Å²) in [6, 6.07) is 7.82. The van der Waals surface area contributed by atoms with Crippen LogP contribution in [0.25, 0.3) is 0 Å². The van der Waals surface area contributed by atoms with Crippen LogP contribution in [-0.4, -0.2) is 51.1 Å². The first-order valence-electron chi connectivity index (χ1n) is 8.53. The van der Waals surface area contributed by atoms with Crippen LogP contribution in [0.1, 0.15) is 29.1 Å². The first-order chi connectivity index (χ1) is 12.6. The Kier molecular flexibility index (Phi) is 6.11. The lowest BCUT2D eigenvalue weighted by Crippen LogP contribution is -2.35. The van der Waals surface area contributed by atoms with Gasteiger partial charge in [-0.1, -0.05) is 12.1 Å². The molecule has 0 aliphatic carbocycles. The summed E-state index contributed by atoms with van der Waals surface area (Å²) in [5.41, 5.74) is 2.92. The Morgan fingerprint density at radius 1 is 1.35 bits per heavy atom. The molecule has 2 heterocycles. The second-order valence-electron chi connectivity index (χ2n) is 6.27. The number of carbonyl (C=O) groups excluding carboxylic acids is 1. The minimum absolute atomic E-state index is 0.228. The Morgan fingerprint density at radius 2 is 2.12 bits per heavy atom. The number of aliphatic hydroxyl groups excluding tert-OH is 1. The van der Waals surface area contributed by atoms with Gasteiger partial charge in [-0.3, -0.25) is 4.79 Å². The lowest BCUT2D eigenvalue weighted by molar-refractivity contribution is -0.140. The number of nitrogens with zero attached hydrogens (tertiary/aromatic N) is 3. The zero-order chi connectivity index (χ0) is 18.5. The van der Waals surface area contributed by atoms with Gasteiger partial charge in [-0.15, -0.1) is 0 Å². The van der Waals surface area contributed by atoms with Crippen molar-refractivity contribution < 1.29 is 14.6 Å². The van der Waals surface area contributed by atoms with Crippen LogP contribution in [0.4, 0.5) is 0 Å². The molecular weight excluding hydrogens is 350 g/mol. The summed E-state index contributed by atoms with van der Waals surface area (Å²) in [6.07, 6.45) is 3.91. The standard InChI is InChI=1S/C19H23N3O3S/c1-25-15-5-3-13(4-6-15)9-18-20-10-14-11-22(12-16(14)21-18)19(24)17(23)7-8-26-2/h3-6,10,17,23H,7-9,11-12H2,1-2H3. The largest absolute Gasteiger partial charge is 0.497 e. The van der Waals surface area contributed by atoms with Gasteiger partial charge in [0.05, 0.1) is 19.3 Å². The van der Waals surface area contributed by atoms with E-state index in [1.165, 1.54) is 0 Å². The highest BCUT2D eigenvalue weighted by atomic mass is 32.2. The molecule has 1 aliphatic heterocycles. The van der Waals surface area contributed by atoms with E-state index in [4.69, 9.17) is 4.74 Å². The number of rotatable bonds is 7. The van der Waals surface area contributed by atoms with E-state index in [0.29, 0.717) is 25.9 Å². The zero-order valence-corrected chi connectivity index (χ0v) is 15.8. The fourth-order valence-corrected chi connectivity index (χ4v) is 3.38. The van der Waals surface area contributed by atoms with Crippen LogP contribution in [-0.2, 0) is 24.3 Å². The SMILES string of the molecule is COc1ccc(Cc2ncc3c(n2)CN(C(=O)C(O)CCSC)C3)cc1. The average Bonchev–Trinajstić information content (AvgIpc) is 3.09. The van der Waals surface area contributed by atoms with Crippen molar-refractivity contribution in [2.75, 3.05) is 19.1 Å². The van der Waals surface area contributed by atoms with Crippen molar-refractivity contribution in [1.29, 1.82) is 0 Å². The van der Waals surface area contributed by atoms with Gasteiger partial charge in [0.25, 0.3) is 5.91 Å². The van der Waals surface area contributed by atoms with E-state index in [9.17, 15) is 9.90 Å². The first-order valence-corrected chi connectivity index (χ1v) is 9.92. The first kappa shape index (κ1) is 18.7. The molecule has 0 bridgehead atoms. The van der Waals surface area contributed by atoms with Gasteiger partial charge in [0.1, 0.15) is 17.7 Å². The second kappa shape index (κ2) is 8.51. The molecule has 1 N–H and O–H groups in total. The monoisotopic (exact) mass is 373 g/mol. The number of aromatic nitrogens is 2. The summed E-state index contributed by atoms with van der Waals surface area (Å²) in [6.45, 7) is 0.899. The molecule has 1 atom stereocenters. The molecule has 138 valence electrons. The number of hydrogen-bond donors (Lipinski definition) is 1. The highest BCUT2D eigenvalue weighted by Crippen LogP contribution is 2.22. The summed E-state index contributed by atoms with van der Waals surface area (Å²) >= 11 is 1.62. The quantitative estimate of drug-likeness (QED) is 0.800. The molecule has 1 aromatic carbocycles. The van der Waals surface area contributed by atoms with Crippen LogP contribution in [0.5, 0.6) is 5.75 Å². The summed E-state index contributed by atoms with van der Waals surface area (Å²) in [4.78, 5) is 23.1. The van der Waals surface area contributed by atoms with Crippen molar-refractivity contribution in [3.8, 4) is 5.75 Å². The molecule has 0 spiro atoms. The Morgan fingerprint density at radius 3 is 2.81 bits per heavy atom. The van der Waals surface area contributed by atoms with Gasteiger partial charge < -0.3 is 14.7 Å². The van der Waals surface area contributed by atoms with Crippen molar-refractivity contribution in [1.82, 2.24) is 14.9 Å². The topological polar surface area (TPSA) is 75.6 Å². The van der Waals surface area contributed by atoms with E-state index < -0.39 is 6.10 Å². The smallest absolute Gasteiger partial charge is 0.252 e. The maximum atomic E-state index is 12.4. The Balaban J connectivity index is 1.65. The van der Waals surface area contributed by atoms with Crippen LogP contribution in [0.3, 0.4) is 0 Å². The molecule has 1 aliphatic rings. The molecule has 0 saturated heterocycles. The molecule has 0 radical (unpaired) electrons. The number of fused-ring (bicyclic) bond motifs is 1. The van der Waals surface area contributed by atoms with Gasteiger partial charge in [-0.25, -0.2) is 9.97 Å². The van der Waals surface area contributed by atoms with Crippen LogP contribution >= 0.6 is 11.8 Å². The number of methoxy groups -OCH3 is 1. The van der Waals surface area contributed by atoms with Crippen molar-refractivity contribution in [2.24, 2.45) is 0 Å². The fourth-order valence-electron chi connectivity index (χ4n) is 2.93. The lowest BCUT2D eigenvalue weighted by atomic mass is 10.1. The predicted molar refractivity (Wildman–Crippen MR) is 101 cm³/mol. The molecular formula is C19H23N3O3S. The number of benzene rings is 1. The third-order valence-corrected chi connectivity index (χ3v) is 5.06. The number of carbonyl (C=O) groups is 1. The van der Waals surface area contributed by atoms with Crippen LogP contribution in [0, 0.1) is 0 Å². The average molecular weight is 373 g/mol. The third kappa shape index (κ3) is 4.34. The Hall–Kier alpha value is -2.12. The molecule has 0 saturated carbocycles. The summed E-state index contributed by atoms with van der Waals surface area (Å²) in [7, 11) is 1.64. The summed E-state index contributed by atoms with van der Waals surface area (Å²) in [5.74, 6) is 2.08. The highest BCUT2D eigenvalue weighted by molar-refractivity contribution is 7.98. The molecule has 3 rings (SSSR count). The van der Waals surface area contributed by atoms with Crippen molar-refractivity contribution in [3.63, 3.8) is 0 Å². The number of thioether (sulfide) groups is 1. The zero-order valence-electron chi connectivity index (χ0n) is 15.0. The second-order valence-corrected chi connectivity index (χ2v) is 7.26. The van der Waals surface area contributed by atoms with E-state index >= 15 is 0 Å². The number of amides is 1. The van der Waals surface area contributed by atoms with Gasteiger partial charge in [-0.2, -0.15) is 11.8 Å². The Bertz CT molecular complexity index is 767. The summed E-state index contributed by atoms with van der Waals surface area (Å²) in [5, 5.41) is 10.0. The van der Waals surface area contributed by atoms with E-state index in [2.05, 4.69) is 9.97 Å². The lowest BCUT2D eigenvalue weighted by Gasteiger charge is -2.18. The van der Waals surface area contributed by atoms with Crippen molar-refractivity contribution >= 4 is 17.7 Å². The highest BCUT2D eigenvalue weighted by Gasteiger charge is 2.29. The van der Waals surface area contributed by atoms with Gasteiger partial charge in [-0.05, 0) is 36.1 Å². The van der Waals surface area contributed by atoms with Gasteiger partial charge in [0, 0.05) is 24.7 Å². The molecule has 26 heavy (non-hydrogen) atoms. The van der Waals surface area contributed by atoms with Crippen LogP contribution < -0.4 is 4.74 Å². The molecule has 1 unspecified atom stereocenters. The van der Waals surface area contributed by atoms with E-state index in [1.54, 1.807) is 30.0 Å². The molecule has 1 amide bonds. The number of aliphatic hydroxyl groups is 1. The fraction of sp³-hybridized carbons (Fsp3) is 0.421. The van der Waals surface area contributed by atoms with E-state index in [-0.39, 0.29) is 5.91 Å². The van der Waals surface area contributed by atoms with E-state index in [1.807, 2.05) is 30.5 Å². The normalized spacial score (nSPS) is 14.2. The predicted octanol–water partition coefficient (Wildman–Crippen LogP) is 2.03. The third-order valence-electron chi connectivity index (χ3n) is 4.42. The van der Waals surface area contributed by atoms with Gasteiger partial charge >= 0.3 is 0 Å². The van der Waals surface area contributed by atoms with Gasteiger partial charge in [0.15, 0.2) is 0 Å². The van der Waals surface area contributed by atoms with Gasteiger partial charge in [0.2, 0.25) is 0 Å². The molecule has 7 heteroatoms. The Labute approximate surface area is 157 Å². The van der Waals surface area contributed by atoms with Crippen molar-refractivity contribution in [3.05, 3.63) is 53.1 Å². The minimum atomic E-state index is -0.941. The van der Waals surface area contributed by atoms with Crippen molar-refractivity contribution in [2.45, 2.75) is 32.0 Å². The van der Waals surface area contributed by atoms with Crippen LogP contribution in [0.15, 0.2) is 30.5 Å². The molecule has 1 aromatic heterocycles.